The Kier molecular flexibility index (Phi) is 3.21. The van der Waals surface area contributed by atoms with E-state index in [2.05, 4.69) is 15.5 Å². The minimum Gasteiger partial charge on any atom is -0.408 e. The third-order valence-electron chi connectivity index (χ3n) is 2.96. The molecule has 0 radical (unpaired) electrons. The van der Waals surface area contributed by atoms with Crippen molar-refractivity contribution in [1.82, 2.24) is 10.2 Å². The van der Waals surface area contributed by atoms with Gasteiger partial charge >= 0.3 is 6.01 Å². The predicted molar refractivity (Wildman–Crippen MR) is 70.2 cm³/mol. The van der Waals surface area contributed by atoms with Crippen LogP contribution in [0.1, 0.15) is 40.6 Å². The number of benzene rings is 1. The summed E-state index contributed by atoms with van der Waals surface area (Å²) in [5, 5.41) is 10.3. The van der Waals surface area contributed by atoms with Gasteiger partial charge in [-0.2, -0.15) is 0 Å². The van der Waals surface area contributed by atoms with Crippen LogP contribution < -0.4 is 5.32 Å². The second-order valence-electron chi connectivity index (χ2n) is 4.50. The summed E-state index contributed by atoms with van der Waals surface area (Å²) in [6.07, 6.45) is 2.16. The largest absolute Gasteiger partial charge is 0.408 e. The molecule has 19 heavy (non-hydrogen) atoms. The van der Waals surface area contributed by atoms with Crippen LogP contribution in [0.3, 0.4) is 0 Å². The van der Waals surface area contributed by atoms with E-state index in [4.69, 9.17) is 16.0 Å². The second-order valence-corrected chi connectivity index (χ2v) is 4.77. The van der Waals surface area contributed by atoms with Crippen molar-refractivity contribution in [1.29, 1.82) is 0 Å². The van der Waals surface area contributed by atoms with Gasteiger partial charge in [-0.1, -0.05) is 17.2 Å². The molecule has 1 heterocycles. The highest BCUT2D eigenvalue weighted by atomic mass is 35.5. The smallest absolute Gasteiger partial charge is 0.322 e. The standard InChI is InChI=1S/C13H12ClN3O2/c14-7-8-1-3-9(4-2-8)11(18)15-13-17-16-12(19-13)10-5-6-10/h1-4,10H,5-7H2,(H,15,17,18). The maximum atomic E-state index is 11.9. The highest BCUT2D eigenvalue weighted by molar-refractivity contribution is 6.17. The lowest BCUT2D eigenvalue weighted by molar-refractivity contribution is 0.102. The Morgan fingerprint density at radius 3 is 2.68 bits per heavy atom. The first-order chi connectivity index (χ1) is 9.26. The van der Waals surface area contributed by atoms with Crippen molar-refractivity contribution in [3.8, 4) is 0 Å². The van der Waals surface area contributed by atoms with E-state index in [0.29, 0.717) is 23.3 Å². The molecular weight excluding hydrogens is 266 g/mol. The van der Waals surface area contributed by atoms with Gasteiger partial charge in [0.2, 0.25) is 5.89 Å². The van der Waals surface area contributed by atoms with Crippen molar-refractivity contribution < 1.29 is 9.21 Å². The zero-order chi connectivity index (χ0) is 13.2. The Labute approximate surface area is 115 Å². The Hall–Kier alpha value is -1.88. The highest BCUT2D eigenvalue weighted by Gasteiger charge is 2.29. The monoisotopic (exact) mass is 277 g/mol. The average Bonchev–Trinajstić information content (AvgIpc) is 3.20. The number of alkyl halides is 1. The molecule has 1 N–H and O–H groups in total. The van der Waals surface area contributed by atoms with Crippen LogP contribution in [0.2, 0.25) is 0 Å². The molecule has 1 saturated carbocycles. The number of hydrogen-bond acceptors (Lipinski definition) is 4. The summed E-state index contributed by atoms with van der Waals surface area (Å²) in [6, 6.07) is 7.20. The van der Waals surface area contributed by atoms with Gasteiger partial charge in [-0.3, -0.25) is 10.1 Å². The molecule has 0 atom stereocenters. The summed E-state index contributed by atoms with van der Waals surface area (Å²) in [5.41, 5.74) is 1.49. The molecule has 6 heteroatoms. The number of carbonyl (C=O) groups is 1. The molecule has 0 bridgehead atoms. The first-order valence-electron chi connectivity index (χ1n) is 6.06. The summed E-state index contributed by atoms with van der Waals surface area (Å²) in [6.45, 7) is 0. The van der Waals surface area contributed by atoms with Gasteiger partial charge in [0.25, 0.3) is 5.91 Å². The first kappa shape index (κ1) is 12.2. The van der Waals surface area contributed by atoms with Crippen LogP contribution in [0.4, 0.5) is 6.01 Å². The lowest BCUT2D eigenvalue weighted by atomic mass is 10.1. The SMILES string of the molecule is O=C(Nc1nnc(C2CC2)o1)c1ccc(CCl)cc1. The van der Waals surface area contributed by atoms with Gasteiger partial charge in [0, 0.05) is 17.4 Å². The van der Waals surface area contributed by atoms with Crippen LogP contribution in [0.25, 0.3) is 0 Å². The van der Waals surface area contributed by atoms with E-state index in [9.17, 15) is 4.79 Å². The van der Waals surface area contributed by atoms with Crippen molar-refractivity contribution in [3.63, 3.8) is 0 Å². The molecule has 0 unspecified atom stereocenters. The zero-order valence-corrected chi connectivity index (χ0v) is 10.9. The second kappa shape index (κ2) is 5.01. The van der Waals surface area contributed by atoms with E-state index in [1.807, 2.05) is 12.1 Å². The van der Waals surface area contributed by atoms with Crippen molar-refractivity contribution in [3.05, 3.63) is 41.3 Å². The van der Waals surface area contributed by atoms with Crippen molar-refractivity contribution in [2.45, 2.75) is 24.6 Å². The molecular formula is C13H12ClN3O2. The molecule has 5 nitrogen and oxygen atoms in total. The maximum absolute atomic E-state index is 11.9. The fourth-order valence-corrected chi connectivity index (χ4v) is 1.87. The summed E-state index contributed by atoms with van der Waals surface area (Å²) in [7, 11) is 0. The molecule has 1 aliphatic rings. The van der Waals surface area contributed by atoms with Gasteiger partial charge in [-0.25, -0.2) is 0 Å². The number of rotatable bonds is 4. The number of anilines is 1. The van der Waals surface area contributed by atoms with E-state index in [0.717, 1.165) is 18.4 Å². The summed E-state index contributed by atoms with van der Waals surface area (Å²) in [5.74, 6) is 1.14. The number of halogens is 1. The topological polar surface area (TPSA) is 68.0 Å². The molecule has 1 aliphatic carbocycles. The Morgan fingerprint density at radius 2 is 2.05 bits per heavy atom. The number of aromatic nitrogens is 2. The van der Waals surface area contributed by atoms with Crippen molar-refractivity contribution >= 4 is 23.5 Å². The molecule has 1 amide bonds. The van der Waals surface area contributed by atoms with Crippen molar-refractivity contribution in [2.75, 3.05) is 5.32 Å². The van der Waals surface area contributed by atoms with Crippen molar-refractivity contribution in [2.24, 2.45) is 0 Å². The molecule has 3 rings (SSSR count). The fourth-order valence-electron chi connectivity index (χ4n) is 1.69. The molecule has 0 saturated heterocycles. The van der Waals surface area contributed by atoms with Crippen LogP contribution in [-0.2, 0) is 5.88 Å². The van der Waals surface area contributed by atoms with E-state index >= 15 is 0 Å². The third kappa shape index (κ3) is 2.76. The Balaban J connectivity index is 1.68. The van der Waals surface area contributed by atoms with Crippen LogP contribution in [-0.4, -0.2) is 16.1 Å². The Morgan fingerprint density at radius 1 is 1.32 bits per heavy atom. The molecule has 1 aromatic heterocycles. The molecule has 1 aromatic carbocycles. The van der Waals surface area contributed by atoms with Gasteiger partial charge in [0.1, 0.15) is 0 Å². The normalized spacial score (nSPS) is 14.4. The predicted octanol–water partition coefficient (Wildman–Crippen LogP) is 2.94. The number of hydrogen-bond donors (Lipinski definition) is 1. The lowest BCUT2D eigenvalue weighted by Crippen LogP contribution is -2.12. The number of nitrogens with one attached hydrogen (secondary N) is 1. The average molecular weight is 278 g/mol. The van der Waals surface area contributed by atoms with E-state index in [-0.39, 0.29) is 11.9 Å². The molecule has 0 spiro atoms. The van der Waals surface area contributed by atoms with Gasteiger partial charge in [0.05, 0.1) is 0 Å². The van der Waals surface area contributed by atoms with E-state index in [1.54, 1.807) is 12.1 Å². The first-order valence-corrected chi connectivity index (χ1v) is 6.59. The van der Waals surface area contributed by atoms with Crippen LogP contribution in [0.5, 0.6) is 0 Å². The zero-order valence-electron chi connectivity index (χ0n) is 10.1. The summed E-state index contributed by atoms with van der Waals surface area (Å²) in [4.78, 5) is 11.9. The number of amides is 1. The van der Waals surface area contributed by atoms with E-state index < -0.39 is 0 Å². The third-order valence-corrected chi connectivity index (χ3v) is 3.27. The maximum Gasteiger partial charge on any atom is 0.322 e. The summed E-state index contributed by atoms with van der Waals surface area (Å²) >= 11 is 5.69. The highest BCUT2D eigenvalue weighted by Crippen LogP contribution is 2.39. The minimum atomic E-state index is -0.271. The molecule has 0 aliphatic heterocycles. The van der Waals surface area contributed by atoms with Gasteiger partial charge < -0.3 is 4.42 Å². The van der Waals surface area contributed by atoms with Gasteiger partial charge in [-0.15, -0.1) is 16.7 Å². The van der Waals surface area contributed by atoms with E-state index in [1.165, 1.54) is 0 Å². The van der Waals surface area contributed by atoms with Crippen LogP contribution in [0.15, 0.2) is 28.7 Å². The molecule has 98 valence electrons. The minimum absolute atomic E-state index is 0.147. The lowest BCUT2D eigenvalue weighted by Gasteiger charge is -2.01. The van der Waals surface area contributed by atoms with Crippen LogP contribution in [0, 0.1) is 0 Å². The summed E-state index contributed by atoms with van der Waals surface area (Å²) < 4.78 is 5.37. The van der Waals surface area contributed by atoms with Gasteiger partial charge in [0.15, 0.2) is 0 Å². The molecule has 1 fully saturated rings. The fraction of sp³-hybridized carbons (Fsp3) is 0.308. The number of carbonyl (C=O) groups excluding carboxylic acids is 1. The Bertz CT molecular complexity index is 590. The molecule has 2 aromatic rings. The van der Waals surface area contributed by atoms with Crippen LogP contribution >= 0.6 is 11.6 Å². The quantitative estimate of drug-likeness (QED) is 0.873. The number of nitrogens with zero attached hydrogens (tertiary/aromatic N) is 2. The van der Waals surface area contributed by atoms with Gasteiger partial charge in [-0.05, 0) is 30.5 Å².